The summed E-state index contributed by atoms with van der Waals surface area (Å²) in [7, 11) is 0. The third-order valence-electron chi connectivity index (χ3n) is 2.70. The second-order valence-electron chi connectivity index (χ2n) is 4.55. The van der Waals surface area contributed by atoms with Crippen molar-refractivity contribution in [3.05, 3.63) is 29.8 Å². The molecule has 0 aliphatic heterocycles. The number of aliphatic carboxylic acids is 1. The number of nitrogens with zero attached hydrogens (tertiary/aromatic N) is 3. The number of thioether (sulfide) groups is 1. The summed E-state index contributed by atoms with van der Waals surface area (Å²) in [6.45, 7) is 3.66. The Bertz CT molecular complexity index is 673. The van der Waals surface area contributed by atoms with Crippen molar-refractivity contribution in [1.29, 1.82) is 0 Å². The molecule has 21 heavy (non-hydrogen) atoms. The van der Waals surface area contributed by atoms with E-state index in [0.717, 1.165) is 17.8 Å². The van der Waals surface area contributed by atoms with Gasteiger partial charge in [0.1, 0.15) is 0 Å². The zero-order valence-corrected chi connectivity index (χ0v) is 12.2. The molecule has 0 aliphatic carbocycles. The van der Waals surface area contributed by atoms with Gasteiger partial charge in [-0.15, -0.1) is 10.2 Å². The summed E-state index contributed by atoms with van der Waals surface area (Å²) in [4.78, 5) is 10.6. The van der Waals surface area contributed by atoms with Crippen molar-refractivity contribution in [3.63, 3.8) is 0 Å². The third kappa shape index (κ3) is 3.21. The minimum atomic E-state index is -0.999. The largest absolute Gasteiger partial charge is 0.481 e. The average molecular weight is 313 g/mol. The number of benzene rings is 1. The van der Waals surface area contributed by atoms with E-state index in [1.54, 1.807) is 4.57 Å². The van der Waals surface area contributed by atoms with Gasteiger partial charge in [0.05, 0.1) is 11.3 Å². The summed E-state index contributed by atoms with van der Waals surface area (Å²) in [5, 5.41) is 16.8. The predicted molar refractivity (Wildman–Crippen MR) is 74.1 cm³/mol. The Morgan fingerprint density at radius 2 is 2.10 bits per heavy atom. The number of carboxylic acids is 1. The number of hydrogen-bond donors (Lipinski definition) is 1. The Morgan fingerprint density at radius 1 is 1.38 bits per heavy atom. The highest BCUT2D eigenvalue weighted by molar-refractivity contribution is 7.99. The van der Waals surface area contributed by atoms with Crippen LogP contribution in [0, 0.1) is 11.6 Å². The molecular weight excluding hydrogens is 300 g/mol. The Balaban J connectivity index is 2.49. The molecule has 0 fully saturated rings. The van der Waals surface area contributed by atoms with Crippen molar-refractivity contribution in [1.82, 2.24) is 14.8 Å². The number of halogens is 2. The van der Waals surface area contributed by atoms with Gasteiger partial charge in [-0.3, -0.25) is 9.36 Å². The molecule has 2 rings (SSSR count). The summed E-state index contributed by atoms with van der Waals surface area (Å²) in [6.07, 6.45) is 0. The number of carboxylic acid groups (broad SMARTS) is 1. The normalized spacial score (nSPS) is 11.1. The van der Waals surface area contributed by atoms with Crippen molar-refractivity contribution in [2.45, 2.75) is 25.0 Å². The molecule has 5 nitrogen and oxygen atoms in total. The Kier molecular flexibility index (Phi) is 4.56. The standard InChI is InChI=1S/C13H13F2N3O2S/c1-7(2)18-12(8-4-3-5-9(14)11(8)15)16-17-13(18)21-6-10(19)20/h3-5,7H,6H2,1-2H3,(H,19,20). The lowest BCUT2D eigenvalue weighted by molar-refractivity contribution is -0.133. The van der Waals surface area contributed by atoms with Crippen LogP contribution in [0.25, 0.3) is 11.4 Å². The molecule has 1 aromatic heterocycles. The first-order valence-electron chi connectivity index (χ1n) is 6.15. The Hall–Kier alpha value is -1.96. The summed E-state index contributed by atoms with van der Waals surface area (Å²) >= 11 is 0.983. The monoisotopic (exact) mass is 313 g/mol. The number of rotatable bonds is 5. The zero-order chi connectivity index (χ0) is 15.6. The van der Waals surface area contributed by atoms with Gasteiger partial charge in [0.25, 0.3) is 0 Å². The molecular formula is C13H13F2N3O2S. The summed E-state index contributed by atoms with van der Waals surface area (Å²) < 4.78 is 28.8. The van der Waals surface area contributed by atoms with Crippen LogP contribution in [0.4, 0.5) is 8.78 Å². The molecule has 0 amide bonds. The van der Waals surface area contributed by atoms with E-state index in [1.165, 1.54) is 12.1 Å². The zero-order valence-electron chi connectivity index (χ0n) is 11.4. The van der Waals surface area contributed by atoms with E-state index in [1.807, 2.05) is 13.8 Å². The molecule has 8 heteroatoms. The molecule has 0 aliphatic rings. The van der Waals surface area contributed by atoms with Crippen molar-refractivity contribution in [2.24, 2.45) is 0 Å². The quantitative estimate of drug-likeness (QED) is 0.860. The van der Waals surface area contributed by atoms with Gasteiger partial charge in [-0.05, 0) is 26.0 Å². The van der Waals surface area contributed by atoms with E-state index < -0.39 is 17.6 Å². The third-order valence-corrected chi connectivity index (χ3v) is 3.63. The maximum atomic E-state index is 13.9. The first kappa shape index (κ1) is 15.4. The van der Waals surface area contributed by atoms with Gasteiger partial charge in [0.15, 0.2) is 22.6 Å². The van der Waals surface area contributed by atoms with Crippen LogP contribution in [-0.2, 0) is 4.79 Å². The minimum absolute atomic E-state index is 0.00150. The first-order valence-corrected chi connectivity index (χ1v) is 7.14. The lowest BCUT2D eigenvalue weighted by Crippen LogP contribution is -2.07. The highest BCUT2D eigenvalue weighted by atomic mass is 32.2. The summed E-state index contributed by atoms with van der Waals surface area (Å²) in [6, 6.07) is 3.69. The highest BCUT2D eigenvalue weighted by Crippen LogP contribution is 2.29. The fourth-order valence-electron chi connectivity index (χ4n) is 1.83. The van der Waals surface area contributed by atoms with Gasteiger partial charge in [0, 0.05) is 6.04 Å². The molecule has 0 unspecified atom stereocenters. The SMILES string of the molecule is CC(C)n1c(SCC(=O)O)nnc1-c1cccc(F)c1F. The minimum Gasteiger partial charge on any atom is -0.481 e. The maximum Gasteiger partial charge on any atom is 0.313 e. The molecule has 0 spiro atoms. The fraction of sp³-hybridized carbons (Fsp3) is 0.308. The number of hydrogen-bond acceptors (Lipinski definition) is 4. The van der Waals surface area contributed by atoms with Crippen LogP contribution in [0.3, 0.4) is 0 Å². The molecule has 1 aromatic carbocycles. The second kappa shape index (κ2) is 6.21. The lowest BCUT2D eigenvalue weighted by atomic mass is 10.2. The molecule has 2 aromatic rings. The van der Waals surface area contributed by atoms with Gasteiger partial charge in [0.2, 0.25) is 0 Å². The molecule has 0 saturated heterocycles. The van der Waals surface area contributed by atoms with E-state index in [2.05, 4.69) is 10.2 Å². The molecule has 0 bridgehead atoms. The second-order valence-corrected chi connectivity index (χ2v) is 5.50. The average Bonchev–Trinajstić information content (AvgIpc) is 2.83. The molecule has 0 radical (unpaired) electrons. The molecule has 1 N–H and O–H groups in total. The Morgan fingerprint density at radius 3 is 2.71 bits per heavy atom. The van der Waals surface area contributed by atoms with Crippen LogP contribution in [0.1, 0.15) is 19.9 Å². The van der Waals surface area contributed by atoms with Gasteiger partial charge >= 0.3 is 5.97 Å². The first-order chi connectivity index (χ1) is 9.91. The maximum absolute atomic E-state index is 13.9. The highest BCUT2D eigenvalue weighted by Gasteiger charge is 2.21. The van der Waals surface area contributed by atoms with Crippen LogP contribution in [0.15, 0.2) is 23.4 Å². The topological polar surface area (TPSA) is 68.0 Å². The van der Waals surface area contributed by atoms with Crippen molar-refractivity contribution >= 4 is 17.7 Å². The van der Waals surface area contributed by atoms with Crippen molar-refractivity contribution in [3.8, 4) is 11.4 Å². The van der Waals surface area contributed by atoms with E-state index in [0.29, 0.717) is 5.16 Å². The van der Waals surface area contributed by atoms with Crippen LogP contribution in [-0.4, -0.2) is 31.6 Å². The summed E-state index contributed by atoms with van der Waals surface area (Å²) in [5.41, 5.74) is -0.00150. The van der Waals surface area contributed by atoms with Gasteiger partial charge in [-0.25, -0.2) is 8.78 Å². The van der Waals surface area contributed by atoms with Crippen LogP contribution >= 0.6 is 11.8 Å². The van der Waals surface area contributed by atoms with Gasteiger partial charge in [-0.1, -0.05) is 17.8 Å². The van der Waals surface area contributed by atoms with Crippen molar-refractivity contribution in [2.75, 3.05) is 5.75 Å². The van der Waals surface area contributed by atoms with Crippen LogP contribution in [0.5, 0.6) is 0 Å². The number of carbonyl (C=O) groups is 1. The van der Waals surface area contributed by atoms with E-state index in [4.69, 9.17) is 5.11 Å². The van der Waals surface area contributed by atoms with E-state index in [9.17, 15) is 13.6 Å². The van der Waals surface area contributed by atoms with Gasteiger partial charge in [-0.2, -0.15) is 0 Å². The number of aromatic nitrogens is 3. The van der Waals surface area contributed by atoms with Crippen LogP contribution < -0.4 is 0 Å². The molecule has 1 heterocycles. The van der Waals surface area contributed by atoms with Gasteiger partial charge < -0.3 is 5.11 Å². The predicted octanol–water partition coefficient (Wildman–Crippen LogP) is 2.98. The Labute approximate surface area is 124 Å². The van der Waals surface area contributed by atoms with E-state index in [-0.39, 0.29) is 23.2 Å². The molecule has 0 atom stereocenters. The van der Waals surface area contributed by atoms with Crippen molar-refractivity contribution < 1.29 is 18.7 Å². The lowest BCUT2D eigenvalue weighted by Gasteiger charge is -2.13. The molecule has 0 saturated carbocycles. The fourth-order valence-corrected chi connectivity index (χ4v) is 2.61. The van der Waals surface area contributed by atoms with E-state index >= 15 is 0 Å². The van der Waals surface area contributed by atoms with Crippen LogP contribution in [0.2, 0.25) is 0 Å². The summed E-state index contributed by atoms with van der Waals surface area (Å²) in [5.74, 6) is -2.96. The smallest absolute Gasteiger partial charge is 0.313 e. The molecule has 112 valence electrons.